The summed E-state index contributed by atoms with van der Waals surface area (Å²) in [6.07, 6.45) is 6.17. The molecule has 3 unspecified atom stereocenters. The number of hydrogen-bond acceptors (Lipinski definition) is 2. The van der Waals surface area contributed by atoms with Gasteiger partial charge in [-0.3, -0.25) is 4.79 Å². The minimum atomic E-state index is -0.920. The number of unbranched alkanes of at least 4 members (excludes halogenated alkanes) is 1. The molecule has 0 saturated heterocycles. The first-order chi connectivity index (χ1) is 8.52. The van der Waals surface area contributed by atoms with Gasteiger partial charge in [-0.15, -0.1) is 0 Å². The highest BCUT2D eigenvalue weighted by Crippen LogP contribution is 2.32. The van der Waals surface area contributed by atoms with Gasteiger partial charge in [-0.25, -0.2) is 4.79 Å². The zero-order valence-electron chi connectivity index (χ0n) is 11.4. The van der Waals surface area contributed by atoms with Gasteiger partial charge >= 0.3 is 5.97 Å². The minimum Gasteiger partial charge on any atom is -0.480 e. The molecule has 1 rings (SSSR count). The van der Waals surface area contributed by atoms with Crippen LogP contribution in [0.15, 0.2) is 0 Å². The summed E-state index contributed by atoms with van der Waals surface area (Å²) in [6.45, 7) is 4.22. The van der Waals surface area contributed by atoms with Crippen molar-refractivity contribution in [1.82, 2.24) is 5.32 Å². The van der Waals surface area contributed by atoms with Gasteiger partial charge in [0.15, 0.2) is 0 Å². The smallest absolute Gasteiger partial charge is 0.326 e. The predicted octanol–water partition coefficient (Wildman–Crippen LogP) is 2.57. The summed E-state index contributed by atoms with van der Waals surface area (Å²) in [5, 5.41) is 11.7. The lowest BCUT2D eigenvalue weighted by atomic mass is 10.0. The van der Waals surface area contributed by atoms with E-state index in [0.717, 1.165) is 25.7 Å². The van der Waals surface area contributed by atoms with Gasteiger partial charge in [-0.2, -0.15) is 0 Å². The van der Waals surface area contributed by atoms with Crippen LogP contribution in [0.3, 0.4) is 0 Å². The van der Waals surface area contributed by atoms with Gasteiger partial charge in [0, 0.05) is 6.42 Å². The number of hydrogen-bond donors (Lipinski definition) is 2. The molecule has 0 aromatic rings. The van der Waals surface area contributed by atoms with Crippen molar-refractivity contribution in [2.75, 3.05) is 0 Å². The third-order valence-corrected chi connectivity index (χ3v) is 3.76. The highest BCUT2D eigenvalue weighted by atomic mass is 16.4. The van der Waals surface area contributed by atoms with E-state index in [-0.39, 0.29) is 5.91 Å². The minimum absolute atomic E-state index is 0.0994. The molecular weight excluding hydrogens is 230 g/mol. The third kappa shape index (κ3) is 5.07. The Kier molecular flexibility index (Phi) is 6.16. The van der Waals surface area contributed by atoms with Gasteiger partial charge in [0.05, 0.1) is 0 Å². The second kappa shape index (κ2) is 7.39. The Morgan fingerprint density at radius 3 is 2.61 bits per heavy atom. The van der Waals surface area contributed by atoms with Crippen LogP contribution in [0, 0.1) is 11.8 Å². The maximum Gasteiger partial charge on any atom is 0.326 e. The van der Waals surface area contributed by atoms with Crippen molar-refractivity contribution in [1.29, 1.82) is 0 Å². The quantitative estimate of drug-likeness (QED) is 0.734. The number of amides is 1. The van der Waals surface area contributed by atoms with Crippen LogP contribution in [0.1, 0.15) is 58.8 Å². The molecule has 4 heteroatoms. The van der Waals surface area contributed by atoms with E-state index < -0.39 is 12.0 Å². The molecule has 104 valence electrons. The molecule has 1 aliphatic carbocycles. The van der Waals surface area contributed by atoms with Crippen molar-refractivity contribution in [3.8, 4) is 0 Å². The second-order valence-corrected chi connectivity index (χ2v) is 5.59. The molecule has 0 radical (unpaired) electrons. The Balaban J connectivity index is 2.34. The fraction of sp³-hybridized carbons (Fsp3) is 0.857. The lowest BCUT2D eigenvalue weighted by molar-refractivity contribution is -0.142. The van der Waals surface area contributed by atoms with E-state index in [2.05, 4.69) is 12.2 Å². The highest BCUT2D eigenvalue weighted by molar-refractivity contribution is 5.83. The van der Waals surface area contributed by atoms with E-state index in [4.69, 9.17) is 5.11 Å². The molecule has 0 aromatic carbocycles. The summed E-state index contributed by atoms with van der Waals surface area (Å²) >= 11 is 0. The molecule has 0 aromatic heterocycles. The number of aliphatic carboxylic acids is 1. The maximum atomic E-state index is 11.8. The molecule has 1 fully saturated rings. The van der Waals surface area contributed by atoms with Gasteiger partial charge < -0.3 is 10.4 Å². The number of carbonyl (C=O) groups excluding carboxylic acids is 1. The summed E-state index contributed by atoms with van der Waals surface area (Å²) in [4.78, 5) is 22.8. The molecule has 3 atom stereocenters. The molecule has 0 bridgehead atoms. The molecule has 1 aliphatic rings. The summed E-state index contributed by atoms with van der Waals surface area (Å²) in [5.74, 6) is 0.132. The van der Waals surface area contributed by atoms with Crippen LogP contribution in [-0.2, 0) is 9.59 Å². The summed E-state index contributed by atoms with van der Waals surface area (Å²) in [7, 11) is 0. The van der Waals surface area contributed by atoms with E-state index in [1.165, 1.54) is 6.42 Å². The van der Waals surface area contributed by atoms with Gasteiger partial charge in [-0.05, 0) is 31.1 Å². The van der Waals surface area contributed by atoms with E-state index >= 15 is 0 Å². The van der Waals surface area contributed by atoms with Crippen LogP contribution >= 0.6 is 0 Å². The average molecular weight is 255 g/mol. The fourth-order valence-corrected chi connectivity index (χ4v) is 2.69. The lowest BCUT2D eigenvalue weighted by Gasteiger charge is -2.16. The molecule has 0 heterocycles. The third-order valence-electron chi connectivity index (χ3n) is 3.76. The zero-order chi connectivity index (χ0) is 13.5. The topological polar surface area (TPSA) is 66.4 Å². The van der Waals surface area contributed by atoms with Gasteiger partial charge in [-0.1, -0.05) is 33.1 Å². The van der Waals surface area contributed by atoms with Crippen LogP contribution in [0.2, 0.25) is 0 Å². The first-order valence-electron chi connectivity index (χ1n) is 7.05. The SMILES string of the molecule is CCCCC(NC(=O)CC1CCC(C)C1)C(=O)O. The van der Waals surface area contributed by atoms with Crippen LogP contribution < -0.4 is 5.32 Å². The first-order valence-corrected chi connectivity index (χ1v) is 7.05. The second-order valence-electron chi connectivity index (χ2n) is 5.59. The Labute approximate surface area is 109 Å². The predicted molar refractivity (Wildman–Crippen MR) is 70.2 cm³/mol. The van der Waals surface area contributed by atoms with E-state index in [9.17, 15) is 9.59 Å². The molecule has 0 aliphatic heterocycles. The normalized spacial score (nSPS) is 24.8. The monoisotopic (exact) mass is 255 g/mol. The van der Waals surface area contributed by atoms with Crippen molar-refractivity contribution < 1.29 is 14.7 Å². The Hall–Kier alpha value is -1.06. The molecule has 0 spiro atoms. The highest BCUT2D eigenvalue weighted by Gasteiger charge is 2.25. The first kappa shape index (κ1) is 15.0. The average Bonchev–Trinajstić information content (AvgIpc) is 2.69. The number of carbonyl (C=O) groups is 2. The summed E-state index contributed by atoms with van der Waals surface area (Å²) in [5.41, 5.74) is 0. The van der Waals surface area contributed by atoms with Crippen molar-refractivity contribution >= 4 is 11.9 Å². The van der Waals surface area contributed by atoms with Crippen molar-refractivity contribution in [2.24, 2.45) is 11.8 Å². The maximum absolute atomic E-state index is 11.8. The Morgan fingerprint density at radius 2 is 2.11 bits per heavy atom. The van der Waals surface area contributed by atoms with E-state index in [0.29, 0.717) is 24.7 Å². The lowest BCUT2D eigenvalue weighted by Crippen LogP contribution is -2.41. The van der Waals surface area contributed by atoms with Gasteiger partial charge in [0.2, 0.25) is 5.91 Å². The number of carboxylic acids is 1. The van der Waals surface area contributed by atoms with E-state index in [1.807, 2.05) is 6.92 Å². The van der Waals surface area contributed by atoms with Crippen molar-refractivity contribution in [3.05, 3.63) is 0 Å². The molecule has 1 amide bonds. The number of rotatable bonds is 7. The van der Waals surface area contributed by atoms with E-state index in [1.54, 1.807) is 0 Å². The standard InChI is InChI=1S/C14H25NO3/c1-3-4-5-12(14(17)18)15-13(16)9-11-7-6-10(2)8-11/h10-12H,3-9H2,1-2H3,(H,15,16)(H,17,18). The molecule has 18 heavy (non-hydrogen) atoms. The fourth-order valence-electron chi connectivity index (χ4n) is 2.69. The summed E-state index contributed by atoms with van der Waals surface area (Å²) < 4.78 is 0. The van der Waals surface area contributed by atoms with Gasteiger partial charge in [0.25, 0.3) is 0 Å². The van der Waals surface area contributed by atoms with Crippen molar-refractivity contribution in [3.63, 3.8) is 0 Å². The molecule has 1 saturated carbocycles. The van der Waals surface area contributed by atoms with Crippen LogP contribution in [-0.4, -0.2) is 23.0 Å². The molecule has 2 N–H and O–H groups in total. The summed E-state index contributed by atoms with van der Waals surface area (Å²) in [6, 6.07) is -0.712. The van der Waals surface area contributed by atoms with Crippen LogP contribution in [0.25, 0.3) is 0 Å². The Bertz CT molecular complexity index is 291. The number of carboxylic acid groups (broad SMARTS) is 1. The molecular formula is C14H25NO3. The largest absolute Gasteiger partial charge is 0.480 e. The Morgan fingerprint density at radius 1 is 1.39 bits per heavy atom. The molecule has 4 nitrogen and oxygen atoms in total. The van der Waals surface area contributed by atoms with Gasteiger partial charge in [0.1, 0.15) is 6.04 Å². The van der Waals surface area contributed by atoms with Crippen LogP contribution in [0.5, 0.6) is 0 Å². The zero-order valence-corrected chi connectivity index (χ0v) is 11.4. The number of nitrogens with one attached hydrogen (secondary N) is 1. The van der Waals surface area contributed by atoms with Crippen molar-refractivity contribution in [2.45, 2.75) is 64.8 Å². The van der Waals surface area contributed by atoms with Crippen LogP contribution in [0.4, 0.5) is 0 Å².